The zero-order valence-corrected chi connectivity index (χ0v) is 19.0. The molecule has 0 unspecified atom stereocenters. The lowest BCUT2D eigenvalue weighted by atomic mass is 9.94. The molecule has 2 aliphatic rings. The highest BCUT2D eigenvalue weighted by Gasteiger charge is 2.29. The second kappa shape index (κ2) is 9.73. The van der Waals surface area contributed by atoms with E-state index >= 15 is 0 Å². The Morgan fingerprint density at radius 3 is 2.66 bits per heavy atom. The first-order valence-electron chi connectivity index (χ1n) is 11.0. The Bertz CT molecular complexity index is 1040. The van der Waals surface area contributed by atoms with Crippen LogP contribution in [0.1, 0.15) is 48.0 Å². The number of rotatable bonds is 6. The highest BCUT2D eigenvalue weighted by atomic mass is 32.2. The van der Waals surface area contributed by atoms with Gasteiger partial charge in [-0.05, 0) is 37.0 Å². The number of hydrogen-bond donors (Lipinski definition) is 0. The fourth-order valence-electron chi connectivity index (χ4n) is 4.52. The van der Waals surface area contributed by atoms with Crippen LogP contribution in [0.4, 0.5) is 11.4 Å². The lowest BCUT2D eigenvalue weighted by Gasteiger charge is -2.31. The summed E-state index contributed by atoms with van der Waals surface area (Å²) in [4.78, 5) is 41.1. The third-order valence-corrected chi connectivity index (χ3v) is 7.46. The Labute approximate surface area is 191 Å². The molecule has 4 rings (SSSR count). The molecule has 168 valence electrons. The zero-order valence-electron chi connectivity index (χ0n) is 18.2. The Balaban J connectivity index is 1.48. The number of carbonyl (C=O) groups excluding carboxylic acids is 2. The van der Waals surface area contributed by atoms with Crippen molar-refractivity contribution in [3.8, 4) is 0 Å². The number of benzene rings is 2. The molecule has 0 atom stereocenters. The monoisotopic (exact) mass is 453 g/mol. The molecule has 0 bridgehead atoms. The minimum atomic E-state index is -0.445. The van der Waals surface area contributed by atoms with E-state index in [4.69, 9.17) is 0 Å². The van der Waals surface area contributed by atoms with Gasteiger partial charge in [0, 0.05) is 36.7 Å². The van der Waals surface area contributed by atoms with Gasteiger partial charge in [0.25, 0.3) is 11.6 Å². The maximum atomic E-state index is 13.4. The van der Waals surface area contributed by atoms with E-state index in [1.807, 2.05) is 24.1 Å². The molecule has 2 amide bonds. The third-order valence-electron chi connectivity index (χ3n) is 6.40. The number of hydrogen-bond acceptors (Lipinski definition) is 5. The van der Waals surface area contributed by atoms with Crippen molar-refractivity contribution in [2.45, 2.75) is 49.5 Å². The number of thioether (sulfide) groups is 1. The summed E-state index contributed by atoms with van der Waals surface area (Å²) in [7, 11) is 1.88. The number of anilines is 1. The predicted molar refractivity (Wildman–Crippen MR) is 125 cm³/mol. The number of nitro benzene ring substituents is 1. The molecule has 1 heterocycles. The number of nitrogens with zero attached hydrogens (tertiary/aromatic N) is 3. The van der Waals surface area contributed by atoms with Crippen LogP contribution in [0.15, 0.2) is 47.4 Å². The maximum absolute atomic E-state index is 13.4. The average molecular weight is 454 g/mol. The fraction of sp³-hybridized carbons (Fsp3) is 0.417. The first-order chi connectivity index (χ1) is 15.5. The maximum Gasteiger partial charge on any atom is 0.271 e. The van der Waals surface area contributed by atoms with Crippen molar-refractivity contribution < 1.29 is 14.5 Å². The molecule has 0 saturated heterocycles. The van der Waals surface area contributed by atoms with E-state index in [0.29, 0.717) is 30.3 Å². The number of amides is 2. The van der Waals surface area contributed by atoms with E-state index in [0.717, 1.165) is 23.3 Å². The van der Waals surface area contributed by atoms with E-state index < -0.39 is 4.92 Å². The zero-order chi connectivity index (χ0) is 22.7. The van der Waals surface area contributed by atoms with Gasteiger partial charge in [0.2, 0.25) is 5.91 Å². The van der Waals surface area contributed by atoms with E-state index in [1.54, 1.807) is 23.1 Å². The molecule has 0 N–H and O–H groups in total. The molecule has 0 aromatic heterocycles. The van der Waals surface area contributed by atoms with Gasteiger partial charge in [0.05, 0.1) is 21.9 Å². The van der Waals surface area contributed by atoms with Crippen LogP contribution in [-0.4, -0.2) is 47.0 Å². The van der Waals surface area contributed by atoms with Gasteiger partial charge >= 0.3 is 0 Å². The average Bonchev–Trinajstić information content (AvgIpc) is 3.25. The first-order valence-corrected chi connectivity index (χ1v) is 12.0. The standard InChI is InChI=1S/C24H27N3O4S/c1-25(18-7-3-2-4-8-18)23(28)16-32-22-10-6-5-9-20(22)24(29)26-14-13-17-11-12-19(27(30)31)15-21(17)26/h5-6,9-12,15,18H,2-4,7-8,13-14,16H2,1H3. The summed E-state index contributed by atoms with van der Waals surface area (Å²) in [5, 5.41) is 11.2. The highest BCUT2D eigenvalue weighted by Crippen LogP contribution is 2.34. The first kappa shape index (κ1) is 22.3. The van der Waals surface area contributed by atoms with Crippen LogP contribution in [-0.2, 0) is 11.2 Å². The normalized spacial score (nSPS) is 16.0. The van der Waals surface area contributed by atoms with E-state index in [1.165, 1.54) is 43.2 Å². The van der Waals surface area contributed by atoms with Gasteiger partial charge in [-0.15, -0.1) is 11.8 Å². The van der Waals surface area contributed by atoms with Crippen molar-refractivity contribution in [2.75, 3.05) is 24.2 Å². The van der Waals surface area contributed by atoms with Crippen molar-refractivity contribution in [1.29, 1.82) is 0 Å². The molecule has 1 saturated carbocycles. The van der Waals surface area contributed by atoms with Crippen LogP contribution >= 0.6 is 11.8 Å². The van der Waals surface area contributed by atoms with Crippen LogP contribution in [0.2, 0.25) is 0 Å². The van der Waals surface area contributed by atoms with Gasteiger partial charge in [-0.2, -0.15) is 0 Å². The number of fused-ring (bicyclic) bond motifs is 1. The van der Waals surface area contributed by atoms with Gasteiger partial charge in [0.15, 0.2) is 0 Å². The molecular formula is C24H27N3O4S. The Kier molecular flexibility index (Phi) is 6.79. The van der Waals surface area contributed by atoms with Crippen molar-refractivity contribution in [2.24, 2.45) is 0 Å². The topological polar surface area (TPSA) is 83.8 Å². The SMILES string of the molecule is CN(C(=O)CSc1ccccc1C(=O)N1CCc2ccc([N+](=O)[O-])cc21)C1CCCCC1. The predicted octanol–water partition coefficient (Wildman–Crippen LogP) is 4.68. The molecule has 7 nitrogen and oxygen atoms in total. The highest BCUT2D eigenvalue weighted by molar-refractivity contribution is 8.00. The second-order valence-electron chi connectivity index (χ2n) is 8.36. The molecule has 8 heteroatoms. The van der Waals surface area contributed by atoms with Gasteiger partial charge in [-0.1, -0.05) is 37.5 Å². The van der Waals surface area contributed by atoms with Crippen LogP contribution in [0, 0.1) is 10.1 Å². The van der Waals surface area contributed by atoms with E-state index in [9.17, 15) is 19.7 Å². The van der Waals surface area contributed by atoms with Crippen molar-refractivity contribution in [1.82, 2.24) is 4.90 Å². The van der Waals surface area contributed by atoms with Gasteiger partial charge in [-0.25, -0.2) is 0 Å². The molecule has 0 radical (unpaired) electrons. The molecule has 2 aromatic rings. The molecule has 0 spiro atoms. The summed E-state index contributed by atoms with van der Waals surface area (Å²) >= 11 is 1.38. The number of nitro groups is 1. The smallest absolute Gasteiger partial charge is 0.271 e. The lowest BCUT2D eigenvalue weighted by Crippen LogP contribution is -2.39. The minimum Gasteiger partial charge on any atom is -0.342 e. The van der Waals surface area contributed by atoms with Crippen LogP contribution in [0.3, 0.4) is 0 Å². The van der Waals surface area contributed by atoms with Crippen LogP contribution in [0.25, 0.3) is 0 Å². The summed E-state index contributed by atoms with van der Waals surface area (Å²) in [6.45, 7) is 0.484. The number of non-ortho nitro benzene ring substituents is 1. The number of carbonyl (C=O) groups is 2. The molecule has 1 fully saturated rings. The second-order valence-corrected chi connectivity index (χ2v) is 9.38. The summed E-state index contributed by atoms with van der Waals surface area (Å²) in [5.41, 5.74) is 2.02. The summed E-state index contributed by atoms with van der Waals surface area (Å²) in [5.74, 6) is 0.158. The van der Waals surface area contributed by atoms with Gasteiger partial charge < -0.3 is 9.80 Å². The molecule has 32 heavy (non-hydrogen) atoms. The van der Waals surface area contributed by atoms with Crippen molar-refractivity contribution in [3.05, 3.63) is 63.7 Å². The quantitative estimate of drug-likeness (QED) is 0.360. The van der Waals surface area contributed by atoms with E-state index in [-0.39, 0.29) is 23.3 Å². The van der Waals surface area contributed by atoms with Crippen molar-refractivity contribution in [3.63, 3.8) is 0 Å². The summed E-state index contributed by atoms with van der Waals surface area (Å²) in [6.07, 6.45) is 6.36. The molecule has 2 aromatic carbocycles. The third kappa shape index (κ3) is 4.65. The summed E-state index contributed by atoms with van der Waals surface area (Å²) < 4.78 is 0. The largest absolute Gasteiger partial charge is 0.342 e. The Hall–Kier alpha value is -2.87. The molecule has 1 aliphatic carbocycles. The Morgan fingerprint density at radius 2 is 1.91 bits per heavy atom. The fourth-order valence-corrected chi connectivity index (χ4v) is 5.49. The minimum absolute atomic E-state index is 0.0255. The van der Waals surface area contributed by atoms with Crippen LogP contribution in [0.5, 0.6) is 0 Å². The van der Waals surface area contributed by atoms with Gasteiger partial charge in [-0.3, -0.25) is 19.7 Å². The Morgan fingerprint density at radius 1 is 1.16 bits per heavy atom. The van der Waals surface area contributed by atoms with Crippen molar-refractivity contribution >= 4 is 35.0 Å². The summed E-state index contributed by atoms with van der Waals surface area (Å²) in [6, 6.07) is 12.3. The lowest BCUT2D eigenvalue weighted by molar-refractivity contribution is -0.384. The molecule has 1 aliphatic heterocycles. The van der Waals surface area contributed by atoms with Crippen LogP contribution < -0.4 is 4.90 Å². The molecular weight excluding hydrogens is 426 g/mol. The van der Waals surface area contributed by atoms with Gasteiger partial charge in [0.1, 0.15) is 0 Å². The van der Waals surface area contributed by atoms with E-state index in [2.05, 4.69) is 0 Å².